The van der Waals surface area contributed by atoms with Gasteiger partial charge in [0.15, 0.2) is 0 Å². The third-order valence-electron chi connectivity index (χ3n) is 4.14. The van der Waals surface area contributed by atoms with E-state index in [9.17, 15) is 4.79 Å². The second-order valence-corrected chi connectivity index (χ2v) is 5.24. The molecule has 2 aliphatic heterocycles. The maximum atomic E-state index is 12.5. The molecule has 0 saturated carbocycles. The zero-order chi connectivity index (χ0) is 12.3. The molecular formula is C14H24N2O. The molecule has 2 heterocycles. The van der Waals surface area contributed by atoms with Gasteiger partial charge in [-0.15, -0.1) is 0 Å². The molecule has 0 aromatic carbocycles. The van der Waals surface area contributed by atoms with E-state index in [4.69, 9.17) is 0 Å². The summed E-state index contributed by atoms with van der Waals surface area (Å²) in [6.45, 7) is 6.96. The lowest BCUT2D eigenvalue weighted by Gasteiger charge is -2.31. The molecule has 2 rings (SSSR count). The fourth-order valence-corrected chi connectivity index (χ4v) is 2.75. The Labute approximate surface area is 104 Å². The molecule has 1 amide bonds. The first-order valence-corrected chi connectivity index (χ1v) is 6.94. The van der Waals surface area contributed by atoms with Crippen LogP contribution >= 0.6 is 0 Å². The van der Waals surface area contributed by atoms with E-state index in [0.29, 0.717) is 6.04 Å². The van der Waals surface area contributed by atoms with E-state index in [1.807, 2.05) is 6.92 Å². The van der Waals surface area contributed by atoms with Gasteiger partial charge < -0.3 is 10.2 Å². The zero-order valence-electron chi connectivity index (χ0n) is 11.1. The second-order valence-electron chi connectivity index (χ2n) is 5.24. The third-order valence-corrected chi connectivity index (χ3v) is 4.14. The van der Waals surface area contributed by atoms with Gasteiger partial charge in [0.2, 0.25) is 5.91 Å². The van der Waals surface area contributed by atoms with E-state index in [1.54, 1.807) is 0 Å². The molecular weight excluding hydrogens is 212 g/mol. The standard InChI is InChI=1S/C14H24N2O/c1-3-13-7-5-4-6-8-16(13)14(17)11(2)12-9-15-10-12/h13,15H,3-10H2,1-2H3. The number of nitrogens with zero attached hydrogens (tertiary/aromatic N) is 1. The Hall–Kier alpha value is -0.830. The van der Waals surface area contributed by atoms with Crippen molar-refractivity contribution in [2.24, 2.45) is 0 Å². The number of carbonyl (C=O) groups is 1. The summed E-state index contributed by atoms with van der Waals surface area (Å²) in [6, 6.07) is 0.466. The van der Waals surface area contributed by atoms with Crippen LogP contribution in [0.4, 0.5) is 0 Å². The Morgan fingerprint density at radius 2 is 2.12 bits per heavy atom. The topological polar surface area (TPSA) is 32.3 Å². The van der Waals surface area contributed by atoms with Crippen molar-refractivity contribution in [1.29, 1.82) is 0 Å². The number of rotatable bonds is 2. The summed E-state index contributed by atoms with van der Waals surface area (Å²) >= 11 is 0. The molecule has 0 aromatic rings. The summed E-state index contributed by atoms with van der Waals surface area (Å²) in [5, 5.41) is 3.21. The lowest BCUT2D eigenvalue weighted by atomic mass is 10.0. The largest absolute Gasteiger partial charge is 0.336 e. The number of hydrogen-bond donors (Lipinski definition) is 1. The first kappa shape index (κ1) is 12.6. The molecule has 0 bridgehead atoms. The van der Waals surface area contributed by atoms with E-state index >= 15 is 0 Å². The quantitative estimate of drug-likeness (QED) is 0.745. The normalized spacial score (nSPS) is 25.2. The smallest absolute Gasteiger partial charge is 0.249 e. The second kappa shape index (κ2) is 5.67. The fraction of sp³-hybridized carbons (Fsp3) is 0.786. The molecule has 3 heteroatoms. The molecule has 0 aliphatic carbocycles. The van der Waals surface area contributed by atoms with Gasteiger partial charge in [0.05, 0.1) is 0 Å². The van der Waals surface area contributed by atoms with Gasteiger partial charge in [0, 0.05) is 31.2 Å². The van der Waals surface area contributed by atoms with Crippen LogP contribution in [0.15, 0.2) is 11.1 Å². The highest BCUT2D eigenvalue weighted by molar-refractivity contribution is 5.94. The lowest BCUT2D eigenvalue weighted by Crippen LogP contribution is -2.43. The Morgan fingerprint density at radius 1 is 1.35 bits per heavy atom. The minimum atomic E-state index is 0.287. The van der Waals surface area contributed by atoms with Crippen LogP contribution in [0, 0.1) is 0 Å². The van der Waals surface area contributed by atoms with Crippen LogP contribution in [-0.2, 0) is 4.79 Å². The Balaban J connectivity index is 2.09. The minimum absolute atomic E-state index is 0.287. The van der Waals surface area contributed by atoms with Gasteiger partial charge in [0.1, 0.15) is 0 Å². The van der Waals surface area contributed by atoms with Crippen molar-refractivity contribution < 1.29 is 4.79 Å². The van der Waals surface area contributed by atoms with Crippen molar-refractivity contribution in [1.82, 2.24) is 10.2 Å². The molecule has 2 fully saturated rings. The molecule has 1 N–H and O–H groups in total. The molecule has 0 radical (unpaired) electrons. The van der Waals surface area contributed by atoms with Crippen LogP contribution in [0.1, 0.15) is 46.0 Å². The van der Waals surface area contributed by atoms with Crippen molar-refractivity contribution >= 4 is 5.91 Å². The van der Waals surface area contributed by atoms with Gasteiger partial charge in [0.25, 0.3) is 0 Å². The van der Waals surface area contributed by atoms with Gasteiger partial charge in [-0.3, -0.25) is 4.79 Å². The average molecular weight is 236 g/mol. The van der Waals surface area contributed by atoms with Gasteiger partial charge in [-0.1, -0.05) is 19.8 Å². The molecule has 2 aliphatic rings. The van der Waals surface area contributed by atoms with Crippen molar-refractivity contribution in [3.63, 3.8) is 0 Å². The van der Waals surface area contributed by atoms with E-state index in [1.165, 1.54) is 31.3 Å². The van der Waals surface area contributed by atoms with E-state index in [0.717, 1.165) is 31.6 Å². The van der Waals surface area contributed by atoms with E-state index in [-0.39, 0.29) is 5.91 Å². The van der Waals surface area contributed by atoms with Crippen LogP contribution in [0.2, 0.25) is 0 Å². The predicted molar refractivity (Wildman–Crippen MR) is 69.8 cm³/mol. The van der Waals surface area contributed by atoms with Crippen LogP contribution in [0.5, 0.6) is 0 Å². The first-order chi connectivity index (χ1) is 8.24. The van der Waals surface area contributed by atoms with Crippen molar-refractivity contribution in [2.45, 2.75) is 52.0 Å². The van der Waals surface area contributed by atoms with Crippen LogP contribution in [-0.4, -0.2) is 36.5 Å². The SMILES string of the molecule is CCC1CCCCCN1C(=O)C(C)=C1CNC1. The number of amides is 1. The van der Waals surface area contributed by atoms with Crippen LogP contribution < -0.4 is 5.32 Å². The highest BCUT2D eigenvalue weighted by atomic mass is 16.2. The van der Waals surface area contributed by atoms with Crippen molar-refractivity contribution in [2.75, 3.05) is 19.6 Å². The number of likely N-dealkylation sites (tertiary alicyclic amines) is 1. The molecule has 96 valence electrons. The molecule has 0 spiro atoms. The Kier molecular flexibility index (Phi) is 4.21. The molecule has 0 aromatic heterocycles. The average Bonchev–Trinajstić information content (AvgIpc) is 2.50. The number of carbonyl (C=O) groups excluding carboxylic acids is 1. The number of nitrogens with one attached hydrogen (secondary N) is 1. The molecule has 1 unspecified atom stereocenters. The lowest BCUT2D eigenvalue weighted by molar-refractivity contribution is -0.129. The van der Waals surface area contributed by atoms with Gasteiger partial charge in [-0.25, -0.2) is 0 Å². The Morgan fingerprint density at radius 3 is 2.71 bits per heavy atom. The fourth-order valence-electron chi connectivity index (χ4n) is 2.75. The van der Waals surface area contributed by atoms with Gasteiger partial charge in [-0.05, 0) is 31.8 Å². The highest BCUT2D eigenvalue weighted by Gasteiger charge is 2.27. The molecule has 2 saturated heterocycles. The summed E-state index contributed by atoms with van der Waals surface area (Å²) in [6.07, 6.45) is 6.00. The third kappa shape index (κ3) is 2.71. The summed E-state index contributed by atoms with van der Waals surface area (Å²) < 4.78 is 0. The summed E-state index contributed by atoms with van der Waals surface area (Å²) in [4.78, 5) is 14.6. The maximum absolute atomic E-state index is 12.5. The molecule has 17 heavy (non-hydrogen) atoms. The Bertz CT molecular complexity index is 316. The highest BCUT2D eigenvalue weighted by Crippen LogP contribution is 2.22. The van der Waals surface area contributed by atoms with Crippen LogP contribution in [0.3, 0.4) is 0 Å². The van der Waals surface area contributed by atoms with Crippen molar-refractivity contribution in [3.8, 4) is 0 Å². The molecule has 1 atom stereocenters. The zero-order valence-corrected chi connectivity index (χ0v) is 11.1. The van der Waals surface area contributed by atoms with Crippen LogP contribution in [0.25, 0.3) is 0 Å². The number of hydrogen-bond acceptors (Lipinski definition) is 2. The summed E-state index contributed by atoms with van der Waals surface area (Å²) in [5.74, 6) is 0.287. The first-order valence-electron chi connectivity index (χ1n) is 6.94. The minimum Gasteiger partial charge on any atom is -0.336 e. The van der Waals surface area contributed by atoms with Gasteiger partial charge >= 0.3 is 0 Å². The van der Waals surface area contributed by atoms with Gasteiger partial charge in [-0.2, -0.15) is 0 Å². The van der Waals surface area contributed by atoms with E-state index < -0.39 is 0 Å². The van der Waals surface area contributed by atoms with E-state index in [2.05, 4.69) is 17.1 Å². The molecule has 3 nitrogen and oxygen atoms in total. The maximum Gasteiger partial charge on any atom is 0.249 e. The summed E-state index contributed by atoms with van der Waals surface area (Å²) in [7, 11) is 0. The summed E-state index contributed by atoms with van der Waals surface area (Å²) in [5.41, 5.74) is 2.29. The van der Waals surface area contributed by atoms with Crippen molar-refractivity contribution in [3.05, 3.63) is 11.1 Å². The monoisotopic (exact) mass is 236 g/mol. The predicted octanol–water partition coefficient (Wildman–Crippen LogP) is 2.09.